The van der Waals surface area contributed by atoms with Crippen molar-refractivity contribution in [1.29, 1.82) is 0 Å². The summed E-state index contributed by atoms with van der Waals surface area (Å²) in [6.45, 7) is 26.8. The molecule has 6 aromatic rings. The topological polar surface area (TPSA) is 311 Å². The number of hydrogen-bond donors (Lipinski definition) is 4. The number of aromatic nitrogens is 4. The zero-order valence-electron chi connectivity index (χ0n) is 77.3. The SMILES string of the molecule is C.COC(=O)C[C@H](C(=O)N1CCC[C@H]1C1=NC=C(I)C1)C(C)C.COC(=O)C[C@H](C(=O)N1CCC[C@H]1C1=NC=C(c2ccc(-c3ccc(-c4cnc([C@@H]5CCCN5C(=O)[C@@H](NC(=O)OC)C(C)C)[nH]4)cc3)c3c2C2CCC3C2)C1)C(C)C.COC(=O)N[C@H](C(=O)N1CCC[C@H]1c1ncc(-c2ccc(-c3ccc(B4OC(C)(C)C(C)(C)O4)c4c3C3CCC4C3)cc2)[nH]1)C(C)C. The first-order valence-corrected chi connectivity index (χ1v) is 47.6. The third kappa shape index (κ3) is 19.6. The maximum absolute atomic E-state index is 13.8. The van der Waals surface area contributed by atoms with Gasteiger partial charge in [-0.25, -0.2) is 19.6 Å². The van der Waals surface area contributed by atoms with Crippen LogP contribution in [0.15, 0.2) is 111 Å². The molecule has 7 fully saturated rings. The second kappa shape index (κ2) is 40.1. The van der Waals surface area contributed by atoms with Crippen molar-refractivity contribution in [2.75, 3.05) is 54.6 Å². The van der Waals surface area contributed by atoms with Crippen LogP contribution in [-0.2, 0) is 57.0 Å². The van der Waals surface area contributed by atoms with Crippen molar-refractivity contribution in [2.45, 2.75) is 277 Å². The molecule has 28 heteroatoms. The van der Waals surface area contributed by atoms with Crippen LogP contribution in [0.25, 0.3) is 50.3 Å². The van der Waals surface area contributed by atoms with Crippen LogP contribution in [0.1, 0.15) is 281 Å². The molecule has 9 heterocycles. The molecule has 2 saturated carbocycles. The van der Waals surface area contributed by atoms with Crippen molar-refractivity contribution in [3.05, 3.63) is 141 Å². The van der Waals surface area contributed by atoms with Crippen LogP contribution in [0.3, 0.4) is 0 Å². The number of rotatable bonds is 24. The van der Waals surface area contributed by atoms with E-state index in [2.05, 4.69) is 149 Å². The van der Waals surface area contributed by atoms with Crippen molar-refractivity contribution in [3.8, 4) is 44.8 Å². The number of amides is 6. The Labute approximate surface area is 774 Å². The molecule has 0 radical (unpaired) electrons. The minimum Gasteiger partial charge on any atom is -0.469 e. The number of methoxy groups -OCH3 is 4. The van der Waals surface area contributed by atoms with Gasteiger partial charge in [0.1, 0.15) is 23.7 Å². The largest absolute Gasteiger partial charge is 0.495 e. The summed E-state index contributed by atoms with van der Waals surface area (Å²) in [7, 11) is 5.01. The van der Waals surface area contributed by atoms with Crippen LogP contribution in [0.4, 0.5) is 9.59 Å². The van der Waals surface area contributed by atoms with Crippen LogP contribution in [0.5, 0.6) is 0 Å². The summed E-state index contributed by atoms with van der Waals surface area (Å²) >= 11 is 2.28. The van der Waals surface area contributed by atoms with E-state index in [1.165, 1.54) is 132 Å². The van der Waals surface area contributed by atoms with Gasteiger partial charge in [0.25, 0.3) is 0 Å². The molecule has 690 valence electrons. The highest BCUT2D eigenvalue weighted by molar-refractivity contribution is 14.1. The molecule has 17 rings (SSSR count). The number of hydrogen-bond acceptors (Lipinski definition) is 18. The van der Waals surface area contributed by atoms with Gasteiger partial charge in [-0.1, -0.05) is 136 Å². The molecule has 129 heavy (non-hydrogen) atoms. The average molecular weight is 1880 g/mol. The Morgan fingerprint density at radius 3 is 1.22 bits per heavy atom. The Morgan fingerprint density at radius 2 is 0.822 bits per heavy atom. The van der Waals surface area contributed by atoms with Gasteiger partial charge in [-0.3, -0.25) is 38.8 Å². The zero-order valence-corrected chi connectivity index (χ0v) is 79.4. The monoisotopic (exact) mass is 1870 g/mol. The quantitative estimate of drug-likeness (QED) is 0.0189. The fourth-order valence-corrected chi connectivity index (χ4v) is 22.3. The Kier molecular flexibility index (Phi) is 29.6. The summed E-state index contributed by atoms with van der Waals surface area (Å²) in [5.74, 6) is 2.18. The van der Waals surface area contributed by atoms with E-state index < -0.39 is 30.2 Å². The normalized spacial score (nSPS) is 23.3. The number of H-pyrrole nitrogens is 2. The molecule has 4 N–H and O–H groups in total. The minimum atomic E-state index is -0.680. The highest BCUT2D eigenvalue weighted by atomic mass is 127. The summed E-state index contributed by atoms with van der Waals surface area (Å²) in [4.78, 5) is 135. The third-order valence-electron chi connectivity index (χ3n) is 29.4. The third-order valence-corrected chi connectivity index (χ3v) is 30.1. The van der Waals surface area contributed by atoms with Gasteiger partial charge in [0, 0.05) is 66.4 Å². The number of benzene rings is 4. The maximum Gasteiger partial charge on any atom is 0.495 e. The second-order valence-electron chi connectivity index (χ2n) is 39.1. The number of halogens is 1. The molecule has 4 unspecified atom stereocenters. The first-order valence-electron chi connectivity index (χ1n) is 46.5. The van der Waals surface area contributed by atoms with Gasteiger partial charge >= 0.3 is 31.2 Å². The molecular weight excluding hydrogens is 1740 g/mol. The van der Waals surface area contributed by atoms with Crippen molar-refractivity contribution in [3.63, 3.8) is 0 Å². The summed E-state index contributed by atoms with van der Waals surface area (Å²) in [5.41, 5.74) is 19.9. The lowest BCUT2D eigenvalue weighted by molar-refractivity contribution is -0.148. The van der Waals surface area contributed by atoms with Gasteiger partial charge < -0.3 is 68.5 Å². The standard InChI is InChI=1S/C47H58N6O6.C37H47BN4O5.C16H23IN2O3.CH4/c1-26(2)35(23-40(54)58-5)45(55)52-19-7-9-38(52)36-22-32(24-48-36)34-18-17-33(41-30-15-16-31(21-30)42(34)41)28-11-13-29(14-12-28)37-25-49-44(50-37)39-10-8-20-53(39)46(56)43(27(3)4)51-47(57)59-6;1-21(2)32(41-35(44)45-7)34(43)42-18-8-9-29(42)33-39-20-28(40-33)23-12-10-22(11-13-23)26-16-17-27(31-25-15-14-24(19-25)30(26)31)38-46-36(3,4)37(5,6)47-38;1-10(2)12(8-15(20)22-3)16(21)19-6-4-5-14(19)13-7-11(17)9-18-13;/h11-14,17-18,24-27,30-31,35,38-39,43H,7-10,15-16,19-23H2,1-6H3,(H,49,50)(H,51,57);10-13,16-17,20-21,24-25,29,32H,8-9,14-15,18-19H2,1-7H3,(H,39,40)(H,41,44);9-10,12,14H,4-8H2,1-3H3;1H4/t30?,31?,35-,38-,39-,43-;24?,25?,29-,32-;12-,14-;/m000./s1. The number of likely N-dealkylation sites (tertiary alicyclic amines) is 4. The first-order chi connectivity index (χ1) is 61.3. The van der Waals surface area contributed by atoms with E-state index >= 15 is 0 Å². The number of aromatic amines is 2. The van der Waals surface area contributed by atoms with Crippen LogP contribution >= 0.6 is 22.6 Å². The molecule has 4 aromatic carbocycles. The molecule has 26 nitrogen and oxygen atoms in total. The molecule has 2 aromatic heterocycles. The van der Waals surface area contributed by atoms with E-state index in [9.17, 15) is 38.4 Å². The number of imidazole rings is 2. The number of carbonyl (C=O) groups is 8. The highest BCUT2D eigenvalue weighted by Gasteiger charge is 2.55. The average Bonchev–Trinajstić information content (AvgIpc) is 1.57. The Hall–Kier alpha value is -9.81. The number of nitrogens with zero attached hydrogens (tertiary/aromatic N) is 8. The van der Waals surface area contributed by atoms with Crippen LogP contribution in [0.2, 0.25) is 0 Å². The highest BCUT2D eigenvalue weighted by Crippen LogP contribution is 2.59. The number of allylic oxidation sites excluding steroid dienone is 2. The lowest BCUT2D eigenvalue weighted by atomic mass is 9.70. The second-order valence-corrected chi connectivity index (χ2v) is 40.5. The Balaban J connectivity index is 0.000000171. The fourth-order valence-electron chi connectivity index (χ4n) is 21.7. The summed E-state index contributed by atoms with van der Waals surface area (Å²) in [5, 5.41) is 5.44. The van der Waals surface area contributed by atoms with Crippen LogP contribution in [-0.4, -0.2) is 196 Å². The molecular formula is C101H132BIN12O14. The lowest BCUT2D eigenvalue weighted by Gasteiger charge is -2.32. The molecule has 12 atom stereocenters. The summed E-state index contributed by atoms with van der Waals surface area (Å²) in [6, 6.07) is 24.9. The molecule has 0 spiro atoms. The number of esters is 2. The van der Waals surface area contributed by atoms with E-state index in [0.29, 0.717) is 43.3 Å². The van der Waals surface area contributed by atoms with E-state index in [1.54, 1.807) is 0 Å². The minimum absolute atomic E-state index is 0. The van der Waals surface area contributed by atoms with E-state index in [4.69, 9.17) is 43.2 Å². The van der Waals surface area contributed by atoms with Crippen LogP contribution < -0.4 is 16.1 Å². The van der Waals surface area contributed by atoms with Gasteiger partial charge in [-0.15, -0.1) is 0 Å². The number of nitrogens with one attached hydrogen (secondary N) is 4. The predicted molar refractivity (Wildman–Crippen MR) is 509 cm³/mol. The van der Waals surface area contributed by atoms with Crippen molar-refractivity contribution >= 4 is 99.9 Å². The molecule has 6 amide bonds. The maximum atomic E-state index is 13.8. The lowest BCUT2D eigenvalue weighted by Crippen LogP contribution is -2.51. The van der Waals surface area contributed by atoms with Gasteiger partial charge in [0.05, 0.1) is 112 Å². The number of carbonyl (C=O) groups excluding carboxylic acids is 8. The smallest absolute Gasteiger partial charge is 0.469 e. The van der Waals surface area contributed by atoms with Crippen molar-refractivity contribution in [2.24, 2.45) is 45.5 Å². The molecule has 4 aliphatic carbocycles. The van der Waals surface area contributed by atoms with Crippen molar-refractivity contribution < 1.29 is 66.6 Å². The Morgan fingerprint density at radius 1 is 0.457 bits per heavy atom. The van der Waals surface area contributed by atoms with E-state index in [1.807, 2.05) is 99.8 Å². The Bertz CT molecular complexity index is 5280. The molecule has 7 aliphatic heterocycles. The zero-order chi connectivity index (χ0) is 91.1. The number of alkyl carbamates (subject to hydrolysis) is 2. The molecule has 4 bridgehead atoms. The van der Waals surface area contributed by atoms with E-state index in [-0.39, 0.29) is 128 Å². The van der Waals surface area contributed by atoms with Gasteiger partial charge in [0.2, 0.25) is 23.6 Å². The number of ether oxygens (including phenoxy) is 4. The van der Waals surface area contributed by atoms with Gasteiger partial charge in [-0.2, -0.15) is 0 Å². The van der Waals surface area contributed by atoms with E-state index in [0.717, 1.165) is 116 Å². The molecule has 5 saturated heterocycles. The summed E-state index contributed by atoms with van der Waals surface area (Å²) in [6.07, 6.45) is 22.7. The fraction of sp³-hybridized carbons (Fsp3) is 0.564. The predicted octanol–water partition coefficient (Wildman–Crippen LogP) is 18.2. The number of aliphatic imine (C=N–C) groups is 2. The van der Waals surface area contributed by atoms with Gasteiger partial charge in [0.15, 0.2) is 0 Å². The summed E-state index contributed by atoms with van der Waals surface area (Å²) < 4.78 is 33.5. The van der Waals surface area contributed by atoms with Crippen LogP contribution in [0, 0.1) is 35.5 Å². The number of fused-ring (bicyclic) bond motifs is 10. The molecule has 11 aliphatic rings. The van der Waals surface area contributed by atoms with Gasteiger partial charge in [-0.05, 0) is 260 Å². The first kappa shape index (κ1) is 95.3. The van der Waals surface area contributed by atoms with Crippen molar-refractivity contribution in [1.82, 2.24) is 50.2 Å².